The van der Waals surface area contributed by atoms with Gasteiger partial charge in [0.1, 0.15) is 0 Å². The number of nitrogens with zero attached hydrogens (tertiary/aromatic N) is 1. The highest BCUT2D eigenvalue weighted by atomic mass is 79.9. The van der Waals surface area contributed by atoms with E-state index in [1.165, 1.54) is 5.56 Å². The third kappa shape index (κ3) is 4.57. The fourth-order valence-corrected chi connectivity index (χ4v) is 3.76. The summed E-state index contributed by atoms with van der Waals surface area (Å²) in [7, 11) is 0. The molecule has 0 spiro atoms. The summed E-state index contributed by atoms with van der Waals surface area (Å²) in [6, 6.07) is 6.08. The number of hydrogen-bond donors (Lipinski definition) is 2. The first-order valence-corrected chi connectivity index (χ1v) is 8.13. The molecule has 0 unspecified atom stereocenters. The van der Waals surface area contributed by atoms with Crippen molar-refractivity contribution in [3.63, 3.8) is 0 Å². The van der Waals surface area contributed by atoms with Crippen molar-refractivity contribution in [1.82, 2.24) is 10.2 Å². The average Bonchev–Trinajstić information content (AvgIpc) is 2.43. The van der Waals surface area contributed by atoms with Gasteiger partial charge in [-0.3, -0.25) is 4.90 Å². The second-order valence-electron chi connectivity index (χ2n) is 6.00. The van der Waals surface area contributed by atoms with Crippen LogP contribution in [0.4, 0.5) is 0 Å². The molecule has 3 nitrogen and oxygen atoms in total. The van der Waals surface area contributed by atoms with Gasteiger partial charge in [-0.2, -0.15) is 0 Å². The van der Waals surface area contributed by atoms with Gasteiger partial charge < -0.3 is 10.4 Å². The van der Waals surface area contributed by atoms with Crippen LogP contribution in [-0.4, -0.2) is 42.8 Å². The lowest BCUT2D eigenvalue weighted by Crippen LogP contribution is -2.49. The average molecular weight is 398 g/mol. The number of piperazine rings is 1. The normalized spacial score (nSPS) is 18.1. The van der Waals surface area contributed by atoms with Crippen LogP contribution in [0.5, 0.6) is 0 Å². The highest BCUT2D eigenvalue weighted by Crippen LogP contribution is 2.41. The molecule has 1 aromatic rings. The molecule has 1 aliphatic heterocycles. The fourth-order valence-electron chi connectivity index (χ4n) is 2.86. The molecule has 0 aromatic heterocycles. The summed E-state index contributed by atoms with van der Waals surface area (Å²) in [5.41, 5.74) is 0.976. The predicted molar refractivity (Wildman–Crippen MR) is 94.5 cm³/mol. The van der Waals surface area contributed by atoms with E-state index in [2.05, 4.69) is 46.1 Å². The Labute approximate surface area is 146 Å². The quantitative estimate of drug-likeness (QED) is 0.816. The first-order valence-electron chi connectivity index (χ1n) is 6.96. The molecule has 1 aliphatic rings. The number of benzene rings is 1. The molecule has 1 saturated heterocycles. The number of rotatable bonds is 4. The molecule has 1 atom stereocenters. The van der Waals surface area contributed by atoms with Gasteiger partial charge in [0.25, 0.3) is 0 Å². The predicted octanol–water partition coefficient (Wildman–Crippen LogP) is 3.49. The van der Waals surface area contributed by atoms with Crippen molar-refractivity contribution in [2.45, 2.75) is 19.9 Å². The molecule has 6 heteroatoms. The Morgan fingerprint density at radius 1 is 1.38 bits per heavy atom. The Morgan fingerprint density at radius 3 is 2.52 bits per heavy atom. The monoisotopic (exact) mass is 396 g/mol. The van der Waals surface area contributed by atoms with Gasteiger partial charge in [0.05, 0.1) is 0 Å². The fraction of sp³-hybridized carbons (Fsp3) is 0.600. The standard InChI is InChI=1S/C15H22BrClN2O.ClH/c1-15(2,10-20)14(19-7-5-18-6-8-19)12-4-3-11(17)9-13(12)16;/h3-4,9,14,18,20H,5-8,10H2,1-2H3;1H/t14-;/m1./s1. The van der Waals surface area contributed by atoms with Crippen LogP contribution in [-0.2, 0) is 0 Å². The van der Waals surface area contributed by atoms with Crippen LogP contribution in [0.15, 0.2) is 22.7 Å². The topological polar surface area (TPSA) is 35.5 Å². The van der Waals surface area contributed by atoms with Crippen LogP contribution in [0, 0.1) is 5.41 Å². The van der Waals surface area contributed by atoms with E-state index in [-0.39, 0.29) is 30.5 Å². The van der Waals surface area contributed by atoms with Gasteiger partial charge in [-0.1, -0.05) is 47.4 Å². The Bertz CT molecular complexity index is 465. The SMILES string of the molecule is CC(C)(CO)[C@@H](c1ccc(Cl)cc1Br)N1CCNCC1.Cl. The number of hydrogen-bond acceptors (Lipinski definition) is 3. The van der Waals surface area contributed by atoms with Crippen molar-refractivity contribution in [3.8, 4) is 0 Å². The second kappa shape index (κ2) is 8.14. The number of aliphatic hydroxyl groups is 1. The van der Waals surface area contributed by atoms with Crippen molar-refractivity contribution in [3.05, 3.63) is 33.3 Å². The highest BCUT2D eigenvalue weighted by Gasteiger charge is 2.36. The third-order valence-electron chi connectivity index (χ3n) is 3.92. The molecule has 21 heavy (non-hydrogen) atoms. The van der Waals surface area contributed by atoms with Crippen LogP contribution in [0.3, 0.4) is 0 Å². The summed E-state index contributed by atoms with van der Waals surface area (Å²) < 4.78 is 1.01. The minimum atomic E-state index is -0.215. The summed E-state index contributed by atoms with van der Waals surface area (Å²) in [6.45, 7) is 8.33. The van der Waals surface area contributed by atoms with Crippen LogP contribution < -0.4 is 5.32 Å². The van der Waals surface area contributed by atoms with E-state index in [0.29, 0.717) is 0 Å². The summed E-state index contributed by atoms with van der Waals surface area (Å²) in [4.78, 5) is 2.45. The Hall–Kier alpha value is 0.160. The van der Waals surface area contributed by atoms with Crippen molar-refractivity contribution < 1.29 is 5.11 Å². The van der Waals surface area contributed by atoms with Crippen molar-refractivity contribution in [2.75, 3.05) is 32.8 Å². The first-order chi connectivity index (χ1) is 9.45. The molecule has 120 valence electrons. The molecule has 0 amide bonds. The van der Waals surface area contributed by atoms with Gasteiger partial charge in [-0.05, 0) is 17.7 Å². The molecule has 1 aromatic carbocycles. The molecule has 0 radical (unpaired) electrons. The van der Waals surface area contributed by atoms with E-state index in [1.54, 1.807) is 0 Å². The summed E-state index contributed by atoms with van der Waals surface area (Å²) in [5.74, 6) is 0. The van der Waals surface area contributed by atoms with Crippen LogP contribution in [0.1, 0.15) is 25.5 Å². The maximum absolute atomic E-state index is 9.82. The molecule has 1 heterocycles. The summed E-state index contributed by atoms with van der Waals surface area (Å²) in [5, 5.41) is 13.9. The molecule has 1 fully saturated rings. The first kappa shape index (κ1) is 19.2. The zero-order chi connectivity index (χ0) is 14.8. The largest absolute Gasteiger partial charge is 0.396 e. The van der Waals surface area contributed by atoms with E-state index < -0.39 is 0 Å². The Morgan fingerprint density at radius 2 is 2.00 bits per heavy atom. The van der Waals surface area contributed by atoms with Crippen LogP contribution >= 0.6 is 39.9 Å². The van der Waals surface area contributed by atoms with Gasteiger partial charge in [0.15, 0.2) is 0 Å². The summed E-state index contributed by atoms with van der Waals surface area (Å²) >= 11 is 9.68. The lowest BCUT2D eigenvalue weighted by atomic mass is 9.80. The van der Waals surface area contributed by atoms with E-state index in [1.807, 2.05) is 12.1 Å². The Balaban J connectivity index is 0.00000220. The number of nitrogens with one attached hydrogen (secondary N) is 1. The van der Waals surface area contributed by atoms with Crippen molar-refractivity contribution in [2.24, 2.45) is 5.41 Å². The highest BCUT2D eigenvalue weighted by molar-refractivity contribution is 9.10. The van der Waals surface area contributed by atoms with E-state index in [0.717, 1.165) is 35.7 Å². The molecule has 0 aliphatic carbocycles. The van der Waals surface area contributed by atoms with E-state index in [9.17, 15) is 5.11 Å². The smallest absolute Gasteiger partial charge is 0.0500 e. The number of aliphatic hydroxyl groups excluding tert-OH is 1. The minimum Gasteiger partial charge on any atom is -0.396 e. The maximum Gasteiger partial charge on any atom is 0.0500 e. The Kier molecular flexibility index (Phi) is 7.44. The van der Waals surface area contributed by atoms with Crippen molar-refractivity contribution >= 4 is 39.9 Å². The molecule has 0 bridgehead atoms. The lowest BCUT2D eigenvalue weighted by Gasteiger charge is -2.43. The van der Waals surface area contributed by atoms with Gasteiger partial charge in [0, 0.05) is 53.7 Å². The van der Waals surface area contributed by atoms with Crippen molar-refractivity contribution in [1.29, 1.82) is 0 Å². The van der Waals surface area contributed by atoms with Crippen LogP contribution in [0.25, 0.3) is 0 Å². The molecule has 0 saturated carbocycles. The molecule has 2 rings (SSSR count). The van der Waals surface area contributed by atoms with Gasteiger partial charge in [-0.25, -0.2) is 0 Å². The third-order valence-corrected chi connectivity index (χ3v) is 4.84. The lowest BCUT2D eigenvalue weighted by molar-refractivity contribution is 0.0301. The van der Waals surface area contributed by atoms with Crippen LogP contribution in [0.2, 0.25) is 5.02 Å². The van der Waals surface area contributed by atoms with Gasteiger partial charge in [0.2, 0.25) is 0 Å². The van der Waals surface area contributed by atoms with Gasteiger partial charge in [-0.15, -0.1) is 12.4 Å². The zero-order valence-corrected chi connectivity index (χ0v) is 15.6. The minimum absolute atomic E-state index is 0. The van der Waals surface area contributed by atoms with E-state index in [4.69, 9.17) is 11.6 Å². The number of halogens is 3. The second-order valence-corrected chi connectivity index (χ2v) is 7.29. The molecule has 2 N–H and O–H groups in total. The summed E-state index contributed by atoms with van der Waals surface area (Å²) in [6.07, 6.45) is 0. The zero-order valence-electron chi connectivity index (χ0n) is 12.4. The maximum atomic E-state index is 9.82. The van der Waals surface area contributed by atoms with E-state index >= 15 is 0 Å². The molecular weight excluding hydrogens is 375 g/mol. The molecular formula is C15H23BrCl2N2O. The van der Waals surface area contributed by atoms with Gasteiger partial charge >= 0.3 is 0 Å².